The Morgan fingerprint density at radius 3 is 2.25 bits per heavy atom. The fraction of sp³-hybridized carbons (Fsp3) is 0.333. The van der Waals surface area contributed by atoms with E-state index in [2.05, 4.69) is 4.85 Å². The maximum Gasteiger partial charge on any atom is 0.293 e. The summed E-state index contributed by atoms with van der Waals surface area (Å²) < 4.78 is 0. The van der Waals surface area contributed by atoms with Crippen LogP contribution in [0.25, 0.3) is 4.85 Å². The minimum Gasteiger partial charge on any atom is -0.305 e. The van der Waals surface area contributed by atoms with Gasteiger partial charge in [0.1, 0.15) is 0 Å². The van der Waals surface area contributed by atoms with Crippen LogP contribution in [0.4, 0.5) is 0 Å². The second-order valence-electron chi connectivity index (χ2n) is 0.387. The zero-order valence-corrected chi connectivity index (χ0v) is 2.52. The maximum atomic E-state index is 6.02. The Morgan fingerprint density at radius 1 is 2.00 bits per heavy atom. The molecule has 0 bridgehead atoms. The van der Waals surface area contributed by atoms with Gasteiger partial charge >= 0.3 is 0 Å². The molecule has 21 valence electrons. The predicted octanol–water partition coefficient (Wildman–Crippen LogP) is 1.09. The maximum absolute atomic E-state index is 6.02. The van der Waals surface area contributed by atoms with Crippen molar-refractivity contribution >= 4 is 0 Å². The molecule has 0 aliphatic heterocycles. The van der Waals surface area contributed by atoms with Crippen molar-refractivity contribution < 1.29 is 0 Å². The predicted molar refractivity (Wildman–Crippen MR) is 16.6 cm³/mol. The van der Waals surface area contributed by atoms with E-state index in [1.165, 1.54) is 6.54 Å². The van der Waals surface area contributed by atoms with Gasteiger partial charge in [0, 0.05) is 6.92 Å². The zero-order valence-electron chi connectivity index (χ0n) is 2.52. The first kappa shape index (κ1) is 3.49. The Hall–Kier alpha value is -0.510. The SMILES string of the molecule is [C-]#[N+][CH]C. The third-order valence-corrected chi connectivity index (χ3v) is 0.129. The van der Waals surface area contributed by atoms with Crippen molar-refractivity contribution in [2.75, 3.05) is 0 Å². The van der Waals surface area contributed by atoms with Crippen LogP contribution in [-0.2, 0) is 0 Å². The number of hydrogen-bond donors (Lipinski definition) is 0. The van der Waals surface area contributed by atoms with Gasteiger partial charge in [-0.25, -0.2) is 6.57 Å². The molecule has 0 rings (SSSR count). The largest absolute Gasteiger partial charge is 0.305 e. The summed E-state index contributed by atoms with van der Waals surface area (Å²) in [5.74, 6) is 0. The summed E-state index contributed by atoms with van der Waals surface area (Å²) >= 11 is 0. The summed E-state index contributed by atoms with van der Waals surface area (Å²) in [7, 11) is 0. The van der Waals surface area contributed by atoms with E-state index in [0.717, 1.165) is 0 Å². The minimum absolute atomic E-state index is 1.42. The highest BCUT2D eigenvalue weighted by atomic mass is 14.6. The van der Waals surface area contributed by atoms with Crippen LogP contribution in [0.15, 0.2) is 0 Å². The average Bonchev–Trinajstić information content (AvgIpc) is 1.37. The molecular weight excluding hydrogens is 50.0 g/mol. The van der Waals surface area contributed by atoms with E-state index >= 15 is 0 Å². The molecule has 0 heterocycles. The van der Waals surface area contributed by atoms with E-state index < -0.39 is 0 Å². The fourth-order valence-electron chi connectivity index (χ4n) is 0. The van der Waals surface area contributed by atoms with Crippen LogP contribution in [0.1, 0.15) is 6.92 Å². The van der Waals surface area contributed by atoms with Gasteiger partial charge in [0.25, 0.3) is 6.54 Å². The lowest BCUT2D eigenvalue weighted by atomic mass is 10.8. The molecule has 0 saturated heterocycles. The van der Waals surface area contributed by atoms with E-state index in [4.69, 9.17) is 6.57 Å². The third-order valence-electron chi connectivity index (χ3n) is 0.129. The van der Waals surface area contributed by atoms with E-state index in [1.54, 1.807) is 6.92 Å². The molecule has 0 fully saturated rings. The second kappa shape index (κ2) is 2.49. The first-order chi connectivity index (χ1) is 1.91. The van der Waals surface area contributed by atoms with E-state index in [9.17, 15) is 0 Å². The topological polar surface area (TPSA) is 4.36 Å². The molecule has 0 aliphatic rings. The molecule has 1 heteroatoms. The van der Waals surface area contributed by atoms with Gasteiger partial charge in [-0.3, -0.25) is 0 Å². The smallest absolute Gasteiger partial charge is 0.293 e. The van der Waals surface area contributed by atoms with Crippen molar-refractivity contribution in [2.24, 2.45) is 0 Å². The van der Waals surface area contributed by atoms with Gasteiger partial charge in [-0.1, -0.05) is 0 Å². The summed E-state index contributed by atoms with van der Waals surface area (Å²) in [6.07, 6.45) is 0. The summed E-state index contributed by atoms with van der Waals surface area (Å²) in [6.45, 7) is 9.14. The molecular formula is C3H4N. The molecule has 0 atom stereocenters. The van der Waals surface area contributed by atoms with Gasteiger partial charge in [0.05, 0.1) is 0 Å². The highest BCUT2D eigenvalue weighted by Gasteiger charge is 1.55. The minimum atomic E-state index is 1.42. The first-order valence-electron chi connectivity index (χ1n) is 1.06. The number of hydrogen-bond acceptors (Lipinski definition) is 0. The van der Waals surface area contributed by atoms with Crippen LogP contribution in [-0.4, -0.2) is 0 Å². The van der Waals surface area contributed by atoms with Gasteiger partial charge in [0.2, 0.25) is 0 Å². The summed E-state index contributed by atoms with van der Waals surface area (Å²) in [6, 6.07) is 0. The zero-order chi connectivity index (χ0) is 3.41. The average molecular weight is 54.1 g/mol. The van der Waals surface area contributed by atoms with E-state index in [-0.39, 0.29) is 0 Å². The Balaban J connectivity index is 2.43. The molecule has 0 aliphatic carbocycles. The van der Waals surface area contributed by atoms with Gasteiger partial charge in [0.15, 0.2) is 0 Å². The van der Waals surface area contributed by atoms with E-state index in [0.29, 0.717) is 0 Å². The van der Waals surface area contributed by atoms with Crippen molar-refractivity contribution in [1.29, 1.82) is 0 Å². The highest BCUT2D eigenvalue weighted by Crippen LogP contribution is 1.64. The Morgan fingerprint density at radius 2 is 2.25 bits per heavy atom. The Labute approximate surface area is 26.1 Å². The van der Waals surface area contributed by atoms with E-state index in [1.807, 2.05) is 0 Å². The van der Waals surface area contributed by atoms with Crippen molar-refractivity contribution in [3.8, 4) is 0 Å². The van der Waals surface area contributed by atoms with Crippen LogP contribution >= 0.6 is 0 Å². The molecule has 4 heavy (non-hydrogen) atoms. The van der Waals surface area contributed by atoms with Crippen LogP contribution in [0.2, 0.25) is 0 Å². The fourth-order valence-corrected chi connectivity index (χ4v) is 0. The second-order valence-corrected chi connectivity index (χ2v) is 0.387. The van der Waals surface area contributed by atoms with Gasteiger partial charge < -0.3 is 4.85 Å². The van der Waals surface area contributed by atoms with Gasteiger partial charge in [-0.05, 0) is 0 Å². The van der Waals surface area contributed by atoms with Crippen LogP contribution in [0.5, 0.6) is 0 Å². The normalized spacial score (nSPS) is 5.00. The molecule has 1 nitrogen and oxygen atoms in total. The highest BCUT2D eigenvalue weighted by molar-refractivity contribution is 4.65. The van der Waals surface area contributed by atoms with Crippen molar-refractivity contribution in [1.82, 2.24) is 0 Å². The van der Waals surface area contributed by atoms with Gasteiger partial charge in [-0.15, -0.1) is 0 Å². The monoisotopic (exact) mass is 54.0 g/mol. The van der Waals surface area contributed by atoms with Crippen LogP contribution in [0, 0.1) is 13.1 Å². The van der Waals surface area contributed by atoms with Crippen molar-refractivity contribution in [2.45, 2.75) is 6.92 Å². The summed E-state index contributed by atoms with van der Waals surface area (Å²) in [5, 5.41) is 0. The summed E-state index contributed by atoms with van der Waals surface area (Å²) in [5.41, 5.74) is 0. The lowest BCUT2D eigenvalue weighted by molar-refractivity contribution is 1.56. The third kappa shape index (κ3) is 1.49. The number of rotatable bonds is 0. The molecule has 1 radical (unpaired) electrons. The molecule has 0 saturated carbocycles. The molecule has 0 amide bonds. The molecule has 0 spiro atoms. The standard InChI is InChI=1S/C3H4N/c1-3-4-2/h3H,1H3. The number of nitrogens with zero attached hydrogens (tertiary/aromatic N) is 1. The van der Waals surface area contributed by atoms with Crippen LogP contribution < -0.4 is 0 Å². The van der Waals surface area contributed by atoms with Gasteiger partial charge in [-0.2, -0.15) is 0 Å². The Bertz CT molecular complexity index is 33.0. The molecule has 0 aromatic carbocycles. The Kier molecular flexibility index (Phi) is 2.17. The van der Waals surface area contributed by atoms with Crippen molar-refractivity contribution in [3.63, 3.8) is 0 Å². The molecule has 0 unspecified atom stereocenters. The first-order valence-corrected chi connectivity index (χ1v) is 1.06. The quantitative estimate of drug-likeness (QED) is 0.364. The lowest BCUT2D eigenvalue weighted by Crippen LogP contribution is -1.32. The molecule has 0 aromatic heterocycles. The summed E-state index contributed by atoms with van der Waals surface area (Å²) in [4.78, 5) is 2.86. The molecule has 0 N–H and O–H groups in total. The van der Waals surface area contributed by atoms with Crippen molar-refractivity contribution in [3.05, 3.63) is 18.0 Å². The molecule has 0 aromatic rings. The van der Waals surface area contributed by atoms with Crippen LogP contribution in [0.3, 0.4) is 0 Å². The lowest BCUT2D eigenvalue weighted by Gasteiger charge is -1.48.